The number of hydrogen-bond acceptors (Lipinski definition) is 4. The van der Waals surface area contributed by atoms with E-state index in [9.17, 15) is 0 Å². The second-order valence-corrected chi connectivity index (χ2v) is 4.24. The molecule has 2 rings (SSSR count). The molecule has 4 nitrogen and oxygen atoms in total. The van der Waals surface area contributed by atoms with Crippen molar-refractivity contribution in [2.45, 2.75) is 13.8 Å². The van der Waals surface area contributed by atoms with Crippen LogP contribution < -0.4 is 4.74 Å². The first kappa shape index (κ1) is 12.3. The number of aryl methyl sites for hydroxylation is 2. The Morgan fingerprint density at radius 1 is 1.22 bits per heavy atom. The predicted octanol–water partition coefficient (Wildman–Crippen LogP) is 3.41. The Morgan fingerprint density at radius 2 is 2.00 bits per heavy atom. The Hall–Kier alpha value is -2.12. The van der Waals surface area contributed by atoms with E-state index in [-0.39, 0.29) is 11.7 Å². The molecule has 0 N–H and O–H groups in total. The highest BCUT2D eigenvalue weighted by Crippen LogP contribution is 2.25. The van der Waals surface area contributed by atoms with Crippen molar-refractivity contribution in [1.29, 1.82) is 5.26 Å². The number of nitrogens with zero attached hydrogens (tertiary/aromatic N) is 3. The molecule has 0 aliphatic rings. The monoisotopic (exact) mass is 259 g/mol. The molecule has 18 heavy (non-hydrogen) atoms. The zero-order valence-electron chi connectivity index (χ0n) is 9.94. The van der Waals surface area contributed by atoms with E-state index in [0.717, 1.165) is 5.56 Å². The average Bonchev–Trinajstić information content (AvgIpc) is 2.32. The second kappa shape index (κ2) is 5.03. The predicted molar refractivity (Wildman–Crippen MR) is 67.7 cm³/mol. The van der Waals surface area contributed by atoms with Crippen molar-refractivity contribution in [2.24, 2.45) is 0 Å². The van der Waals surface area contributed by atoms with Crippen LogP contribution in [0, 0.1) is 25.2 Å². The topological polar surface area (TPSA) is 58.8 Å². The van der Waals surface area contributed by atoms with Gasteiger partial charge in [0.1, 0.15) is 17.5 Å². The van der Waals surface area contributed by atoms with Crippen LogP contribution in [0.3, 0.4) is 0 Å². The van der Waals surface area contributed by atoms with Crippen LogP contribution >= 0.6 is 11.6 Å². The number of nitriles is 1. The number of halogens is 1. The molecule has 0 saturated carbocycles. The van der Waals surface area contributed by atoms with E-state index in [2.05, 4.69) is 9.97 Å². The van der Waals surface area contributed by atoms with Crippen molar-refractivity contribution >= 4 is 11.6 Å². The molecule has 0 saturated heterocycles. The highest BCUT2D eigenvalue weighted by Gasteiger charge is 2.06. The van der Waals surface area contributed by atoms with Gasteiger partial charge in [-0.05, 0) is 43.7 Å². The van der Waals surface area contributed by atoms with Gasteiger partial charge in [-0.3, -0.25) is 0 Å². The summed E-state index contributed by atoms with van der Waals surface area (Å²) in [5.41, 5.74) is 1.85. The van der Waals surface area contributed by atoms with Gasteiger partial charge in [-0.1, -0.05) is 11.6 Å². The van der Waals surface area contributed by atoms with Gasteiger partial charge in [-0.2, -0.15) is 10.2 Å². The van der Waals surface area contributed by atoms with Gasteiger partial charge < -0.3 is 4.74 Å². The molecule has 1 heterocycles. The van der Waals surface area contributed by atoms with Crippen LogP contribution in [0.25, 0.3) is 0 Å². The first-order valence-corrected chi connectivity index (χ1v) is 5.66. The molecule has 2 aromatic rings. The molecule has 1 aromatic heterocycles. The highest BCUT2D eigenvalue weighted by molar-refractivity contribution is 6.30. The summed E-state index contributed by atoms with van der Waals surface area (Å²) in [5, 5.41) is 9.47. The van der Waals surface area contributed by atoms with Gasteiger partial charge in [0, 0.05) is 10.7 Å². The molecule has 0 atom stereocenters. The summed E-state index contributed by atoms with van der Waals surface area (Å²) in [5.74, 6) is 0.619. The highest BCUT2D eigenvalue weighted by atomic mass is 35.5. The van der Waals surface area contributed by atoms with Crippen molar-refractivity contribution in [3.63, 3.8) is 0 Å². The lowest BCUT2D eigenvalue weighted by molar-refractivity contribution is 0.436. The van der Waals surface area contributed by atoms with Crippen LogP contribution in [0.4, 0.5) is 0 Å². The maximum Gasteiger partial charge on any atom is 0.323 e. The van der Waals surface area contributed by atoms with Gasteiger partial charge in [0.25, 0.3) is 0 Å². The molecule has 90 valence electrons. The van der Waals surface area contributed by atoms with E-state index >= 15 is 0 Å². The third kappa shape index (κ3) is 2.76. The summed E-state index contributed by atoms with van der Waals surface area (Å²) in [7, 11) is 0. The Kier molecular flexibility index (Phi) is 3.45. The van der Waals surface area contributed by atoms with Crippen molar-refractivity contribution in [3.8, 4) is 17.8 Å². The molecular weight excluding hydrogens is 250 g/mol. The van der Waals surface area contributed by atoms with Crippen LogP contribution in [-0.2, 0) is 0 Å². The Labute approximate surface area is 110 Å². The van der Waals surface area contributed by atoms with Gasteiger partial charge in [-0.25, -0.2) is 4.98 Å². The third-order valence-corrected chi connectivity index (χ3v) is 2.52. The summed E-state index contributed by atoms with van der Waals surface area (Å²) in [6.45, 7) is 3.66. The summed E-state index contributed by atoms with van der Waals surface area (Å²) in [6, 6.07) is 8.99. The van der Waals surface area contributed by atoms with Crippen LogP contribution in [0.15, 0.2) is 24.3 Å². The van der Waals surface area contributed by atoms with E-state index in [0.29, 0.717) is 16.5 Å². The molecule has 0 unspecified atom stereocenters. The van der Waals surface area contributed by atoms with E-state index in [1.54, 1.807) is 31.2 Å². The minimum absolute atomic E-state index is 0.164. The minimum atomic E-state index is 0.164. The minimum Gasteiger partial charge on any atom is -0.424 e. The fourth-order valence-corrected chi connectivity index (χ4v) is 1.70. The van der Waals surface area contributed by atoms with Crippen LogP contribution in [0.2, 0.25) is 5.02 Å². The number of hydrogen-bond donors (Lipinski definition) is 0. The number of rotatable bonds is 2. The molecule has 0 bridgehead atoms. The number of benzene rings is 1. The van der Waals surface area contributed by atoms with Crippen molar-refractivity contribution in [1.82, 2.24) is 9.97 Å². The van der Waals surface area contributed by atoms with Gasteiger partial charge in [0.15, 0.2) is 0 Å². The standard InChI is InChI=1S/C13H10ClN3O/c1-8-5-10(14)3-4-12(8)18-13-16-9(2)6-11(7-15)17-13/h3-6H,1-2H3. The second-order valence-electron chi connectivity index (χ2n) is 3.80. The molecule has 0 aliphatic carbocycles. The third-order valence-electron chi connectivity index (χ3n) is 2.29. The van der Waals surface area contributed by atoms with Gasteiger partial charge >= 0.3 is 6.01 Å². The molecule has 0 fully saturated rings. The summed E-state index contributed by atoms with van der Waals surface area (Å²) in [4.78, 5) is 8.11. The van der Waals surface area contributed by atoms with Crippen molar-refractivity contribution < 1.29 is 4.74 Å². The first-order valence-electron chi connectivity index (χ1n) is 5.28. The van der Waals surface area contributed by atoms with E-state index in [1.807, 2.05) is 13.0 Å². The number of ether oxygens (including phenoxy) is 1. The largest absolute Gasteiger partial charge is 0.424 e. The smallest absolute Gasteiger partial charge is 0.323 e. The zero-order chi connectivity index (χ0) is 13.1. The van der Waals surface area contributed by atoms with Crippen molar-refractivity contribution in [3.05, 3.63) is 46.2 Å². The zero-order valence-corrected chi connectivity index (χ0v) is 10.7. The fourth-order valence-electron chi connectivity index (χ4n) is 1.47. The Morgan fingerprint density at radius 3 is 2.67 bits per heavy atom. The summed E-state index contributed by atoms with van der Waals surface area (Å²) < 4.78 is 5.56. The molecule has 0 amide bonds. The molecule has 5 heteroatoms. The molecule has 0 spiro atoms. The van der Waals surface area contributed by atoms with Gasteiger partial charge in [0.2, 0.25) is 0 Å². The maximum atomic E-state index is 8.83. The van der Waals surface area contributed by atoms with E-state index in [1.165, 1.54) is 0 Å². The SMILES string of the molecule is Cc1cc(C#N)nc(Oc2ccc(Cl)cc2C)n1. The van der Waals surface area contributed by atoms with E-state index < -0.39 is 0 Å². The van der Waals surface area contributed by atoms with Crippen LogP contribution in [0.5, 0.6) is 11.8 Å². The molecule has 1 aromatic carbocycles. The average molecular weight is 260 g/mol. The molecule has 0 radical (unpaired) electrons. The van der Waals surface area contributed by atoms with Gasteiger partial charge in [-0.15, -0.1) is 0 Å². The fraction of sp³-hybridized carbons (Fsp3) is 0.154. The molecular formula is C13H10ClN3O. The lowest BCUT2D eigenvalue weighted by Gasteiger charge is -2.07. The first-order chi connectivity index (χ1) is 8.58. The molecule has 0 aliphatic heterocycles. The normalized spacial score (nSPS) is 9.89. The van der Waals surface area contributed by atoms with Crippen LogP contribution in [-0.4, -0.2) is 9.97 Å². The maximum absolute atomic E-state index is 8.83. The van der Waals surface area contributed by atoms with Crippen molar-refractivity contribution in [2.75, 3.05) is 0 Å². The quantitative estimate of drug-likeness (QED) is 0.829. The summed E-state index contributed by atoms with van der Waals surface area (Å²) in [6.07, 6.45) is 0. The summed E-state index contributed by atoms with van der Waals surface area (Å²) >= 11 is 5.86. The lowest BCUT2D eigenvalue weighted by Crippen LogP contribution is -1.97. The number of aromatic nitrogens is 2. The Bertz CT molecular complexity index is 635. The van der Waals surface area contributed by atoms with E-state index in [4.69, 9.17) is 21.6 Å². The lowest BCUT2D eigenvalue weighted by atomic mass is 10.2. The van der Waals surface area contributed by atoms with Crippen LogP contribution in [0.1, 0.15) is 17.0 Å². The Balaban J connectivity index is 2.34. The van der Waals surface area contributed by atoms with Gasteiger partial charge in [0.05, 0.1) is 0 Å².